The number of amides is 1. The number of hydrogen-bond donors (Lipinski definition) is 3. The monoisotopic (exact) mass is 432 g/mol. The molecule has 4 rings (SSSR count). The van der Waals surface area contributed by atoms with Gasteiger partial charge >= 0.3 is 6.09 Å². The van der Waals surface area contributed by atoms with E-state index in [0.717, 1.165) is 39.5 Å². The molecule has 0 unspecified atom stereocenters. The molecule has 7 heteroatoms. The van der Waals surface area contributed by atoms with Crippen molar-refractivity contribution < 1.29 is 24.1 Å². The number of para-hydroxylation sites is 1. The fourth-order valence-electron chi connectivity index (χ4n) is 3.31. The Morgan fingerprint density at radius 3 is 2.25 bits per heavy atom. The lowest BCUT2D eigenvalue weighted by Gasteiger charge is -2.10. The summed E-state index contributed by atoms with van der Waals surface area (Å²) >= 11 is 0. The molecule has 0 bridgehead atoms. The van der Waals surface area contributed by atoms with Gasteiger partial charge in [-0.1, -0.05) is 18.2 Å². The summed E-state index contributed by atoms with van der Waals surface area (Å²) < 4.78 is 17.4. The molecule has 1 aromatic heterocycles. The number of aromatic nitrogens is 1. The van der Waals surface area contributed by atoms with Crippen molar-refractivity contribution in [2.45, 2.75) is 6.42 Å². The number of H-pyrrole nitrogens is 1. The van der Waals surface area contributed by atoms with Crippen LogP contribution >= 0.6 is 0 Å². The molecule has 32 heavy (non-hydrogen) atoms. The maximum atomic E-state index is 10.6. The summed E-state index contributed by atoms with van der Waals surface area (Å²) in [4.78, 5) is 13.8. The standard InChI is InChI=1S/C25H24N2O5/c28-25(29)26-13-12-18-17-27-24-11-10-22(16-23(18)24)31-15-14-30-19-6-8-21(9-7-19)32-20-4-2-1-3-5-20/h1-11,16-17,26-27H,12-15H2,(H,28,29). The molecule has 3 N–H and O–H groups in total. The van der Waals surface area contributed by atoms with Crippen LogP contribution in [0.3, 0.4) is 0 Å². The van der Waals surface area contributed by atoms with Crippen LogP contribution < -0.4 is 19.5 Å². The molecule has 0 radical (unpaired) electrons. The topological polar surface area (TPSA) is 92.8 Å². The molecule has 164 valence electrons. The molecule has 4 aromatic rings. The Hall–Kier alpha value is -4.13. The Kier molecular flexibility index (Phi) is 6.77. The molecule has 1 amide bonds. The summed E-state index contributed by atoms with van der Waals surface area (Å²) in [6.07, 6.45) is 1.47. The highest BCUT2D eigenvalue weighted by atomic mass is 16.5. The maximum Gasteiger partial charge on any atom is 0.404 e. The first-order valence-corrected chi connectivity index (χ1v) is 10.3. The van der Waals surface area contributed by atoms with Gasteiger partial charge in [0.15, 0.2) is 0 Å². The van der Waals surface area contributed by atoms with Gasteiger partial charge in [-0.05, 0) is 66.6 Å². The molecule has 0 saturated heterocycles. The molecule has 0 aliphatic heterocycles. The van der Waals surface area contributed by atoms with E-state index in [9.17, 15) is 4.79 Å². The van der Waals surface area contributed by atoms with Crippen molar-refractivity contribution in [3.63, 3.8) is 0 Å². The zero-order valence-electron chi connectivity index (χ0n) is 17.4. The second kappa shape index (κ2) is 10.3. The van der Waals surface area contributed by atoms with Crippen molar-refractivity contribution in [2.75, 3.05) is 19.8 Å². The van der Waals surface area contributed by atoms with Crippen LogP contribution in [0.25, 0.3) is 10.9 Å². The Labute approximate surface area is 185 Å². The molecule has 3 aromatic carbocycles. The zero-order chi connectivity index (χ0) is 22.2. The van der Waals surface area contributed by atoms with Crippen molar-refractivity contribution in [1.29, 1.82) is 0 Å². The molecule has 7 nitrogen and oxygen atoms in total. The van der Waals surface area contributed by atoms with E-state index in [1.54, 1.807) is 0 Å². The maximum absolute atomic E-state index is 10.6. The average Bonchev–Trinajstić information content (AvgIpc) is 3.20. The van der Waals surface area contributed by atoms with Crippen LogP contribution in [0.2, 0.25) is 0 Å². The molecule has 0 saturated carbocycles. The Balaban J connectivity index is 1.25. The van der Waals surface area contributed by atoms with E-state index in [1.807, 2.05) is 79.0 Å². The van der Waals surface area contributed by atoms with Crippen molar-refractivity contribution in [3.8, 4) is 23.0 Å². The first-order valence-electron chi connectivity index (χ1n) is 10.3. The second-order valence-electron chi connectivity index (χ2n) is 7.09. The van der Waals surface area contributed by atoms with Crippen LogP contribution in [0.5, 0.6) is 23.0 Å². The first kappa shape index (κ1) is 21.1. The van der Waals surface area contributed by atoms with Gasteiger partial charge in [0.2, 0.25) is 0 Å². The van der Waals surface area contributed by atoms with Gasteiger partial charge in [0.25, 0.3) is 0 Å². The summed E-state index contributed by atoms with van der Waals surface area (Å²) in [5.41, 5.74) is 2.02. The number of benzene rings is 3. The fraction of sp³-hybridized carbons (Fsp3) is 0.160. The molecule has 0 aliphatic carbocycles. The molecule has 0 atom stereocenters. The molecule has 0 fully saturated rings. The highest BCUT2D eigenvalue weighted by Crippen LogP contribution is 2.25. The van der Waals surface area contributed by atoms with E-state index < -0.39 is 6.09 Å². The van der Waals surface area contributed by atoms with Crippen LogP contribution in [0, 0.1) is 0 Å². The van der Waals surface area contributed by atoms with Gasteiger partial charge in [0.05, 0.1) is 0 Å². The highest BCUT2D eigenvalue weighted by Gasteiger charge is 2.06. The van der Waals surface area contributed by atoms with Gasteiger partial charge in [-0.15, -0.1) is 0 Å². The number of ether oxygens (including phenoxy) is 3. The number of carboxylic acid groups (broad SMARTS) is 1. The van der Waals surface area contributed by atoms with Crippen molar-refractivity contribution in [2.24, 2.45) is 0 Å². The SMILES string of the molecule is O=C(O)NCCc1c[nH]c2ccc(OCCOc3ccc(Oc4ccccc4)cc3)cc12. The number of carbonyl (C=O) groups is 1. The largest absolute Gasteiger partial charge is 0.490 e. The predicted molar refractivity (Wildman–Crippen MR) is 122 cm³/mol. The lowest BCUT2D eigenvalue weighted by atomic mass is 10.1. The normalized spacial score (nSPS) is 10.6. The van der Waals surface area contributed by atoms with Crippen LogP contribution in [-0.4, -0.2) is 35.9 Å². The van der Waals surface area contributed by atoms with Gasteiger partial charge in [0, 0.05) is 23.6 Å². The van der Waals surface area contributed by atoms with Crippen LogP contribution in [0.1, 0.15) is 5.56 Å². The minimum Gasteiger partial charge on any atom is -0.490 e. The summed E-state index contributed by atoms with van der Waals surface area (Å²) in [5, 5.41) is 12.1. The van der Waals surface area contributed by atoms with Gasteiger partial charge in [-0.3, -0.25) is 0 Å². The van der Waals surface area contributed by atoms with Crippen molar-refractivity contribution in [1.82, 2.24) is 10.3 Å². The van der Waals surface area contributed by atoms with E-state index in [1.165, 1.54) is 0 Å². The average molecular weight is 432 g/mol. The molecular formula is C25H24N2O5. The molecular weight excluding hydrogens is 408 g/mol. The van der Waals surface area contributed by atoms with Gasteiger partial charge in [-0.2, -0.15) is 0 Å². The van der Waals surface area contributed by atoms with Gasteiger partial charge < -0.3 is 29.6 Å². The fourth-order valence-corrected chi connectivity index (χ4v) is 3.31. The minimum absolute atomic E-state index is 0.358. The number of rotatable bonds is 10. The molecule has 0 spiro atoms. The third kappa shape index (κ3) is 5.72. The zero-order valence-corrected chi connectivity index (χ0v) is 17.4. The Morgan fingerprint density at radius 2 is 1.50 bits per heavy atom. The third-order valence-corrected chi connectivity index (χ3v) is 4.83. The summed E-state index contributed by atoms with van der Waals surface area (Å²) in [7, 11) is 0. The van der Waals surface area contributed by atoms with E-state index in [2.05, 4.69) is 10.3 Å². The highest BCUT2D eigenvalue weighted by molar-refractivity contribution is 5.84. The van der Waals surface area contributed by atoms with Gasteiger partial charge in [-0.25, -0.2) is 4.79 Å². The minimum atomic E-state index is -1.02. The Bertz CT molecular complexity index is 1160. The quantitative estimate of drug-likeness (QED) is 0.299. The van der Waals surface area contributed by atoms with Crippen molar-refractivity contribution >= 4 is 17.0 Å². The van der Waals surface area contributed by atoms with E-state index in [4.69, 9.17) is 19.3 Å². The smallest absolute Gasteiger partial charge is 0.404 e. The molecule has 0 aliphatic rings. The van der Waals surface area contributed by atoms with Crippen LogP contribution in [0.4, 0.5) is 4.79 Å². The van der Waals surface area contributed by atoms with Gasteiger partial charge in [0.1, 0.15) is 36.2 Å². The first-order chi connectivity index (χ1) is 15.7. The summed E-state index contributed by atoms with van der Waals surface area (Å²) in [5.74, 6) is 3.01. The van der Waals surface area contributed by atoms with E-state index >= 15 is 0 Å². The lowest BCUT2D eigenvalue weighted by molar-refractivity contribution is 0.194. The number of aromatic amines is 1. The number of fused-ring (bicyclic) bond motifs is 1. The lowest BCUT2D eigenvalue weighted by Crippen LogP contribution is -2.23. The predicted octanol–water partition coefficient (Wildman–Crippen LogP) is 5.23. The Morgan fingerprint density at radius 1 is 0.844 bits per heavy atom. The second-order valence-corrected chi connectivity index (χ2v) is 7.09. The van der Waals surface area contributed by atoms with E-state index in [-0.39, 0.29) is 0 Å². The third-order valence-electron chi connectivity index (χ3n) is 4.83. The summed E-state index contributed by atoms with van der Waals surface area (Å²) in [6, 6.07) is 22.9. The van der Waals surface area contributed by atoms with Crippen LogP contribution in [0.15, 0.2) is 79.0 Å². The van der Waals surface area contributed by atoms with Crippen LogP contribution in [-0.2, 0) is 6.42 Å². The van der Waals surface area contributed by atoms with E-state index in [0.29, 0.717) is 26.2 Å². The number of nitrogens with one attached hydrogen (secondary N) is 2. The summed E-state index contributed by atoms with van der Waals surface area (Å²) in [6.45, 7) is 1.16. The van der Waals surface area contributed by atoms with Crippen molar-refractivity contribution in [3.05, 3.63) is 84.6 Å². The molecule has 1 heterocycles. The number of hydrogen-bond acceptors (Lipinski definition) is 4.